The van der Waals surface area contributed by atoms with E-state index in [0.29, 0.717) is 5.56 Å². The molecule has 0 atom stereocenters. The topological polar surface area (TPSA) is 103 Å². The second-order valence-corrected chi connectivity index (χ2v) is 5.47. The Morgan fingerprint density at radius 1 is 1.21 bits per heavy atom. The molecule has 0 bridgehead atoms. The molecule has 2 N–H and O–H groups in total. The number of hydrogen-bond acceptors (Lipinski definition) is 6. The third-order valence-electron chi connectivity index (χ3n) is 3.75. The number of nitrogens with zero attached hydrogens (tertiary/aromatic N) is 3. The number of aromatic nitrogens is 2. The van der Waals surface area contributed by atoms with Gasteiger partial charge in [0.05, 0.1) is 19.0 Å². The van der Waals surface area contributed by atoms with Crippen LogP contribution in [-0.2, 0) is 0 Å². The van der Waals surface area contributed by atoms with Crippen molar-refractivity contribution in [3.8, 4) is 23.1 Å². The van der Waals surface area contributed by atoms with Crippen LogP contribution >= 0.6 is 0 Å². The van der Waals surface area contributed by atoms with Crippen LogP contribution in [0.4, 0.5) is 14.7 Å². The number of aromatic amines is 1. The molecular formula is C19H13F2N5O2. The van der Waals surface area contributed by atoms with E-state index in [1.165, 1.54) is 19.2 Å². The van der Waals surface area contributed by atoms with Crippen molar-refractivity contribution in [3.63, 3.8) is 0 Å². The fourth-order valence-corrected chi connectivity index (χ4v) is 2.40. The second kappa shape index (κ2) is 8.09. The number of nitriles is 1. The van der Waals surface area contributed by atoms with E-state index in [0.717, 1.165) is 6.21 Å². The number of anilines is 1. The van der Waals surface area contributed by atoms with Gasteiger partial charge < -0.3 is 4.74 Å². The number of hydrogen-bond donors (Lipinski definition) is 2. The first-order chi connectivity index (χ1) is 13.5. The predicted molar refractivity (Wildman–Crippen MR) is 99.1 cm³/mol. The Bertz CT molecular complexity index is 1140. The molecule has 1 aromatic heterocycles. The molecule has 0 unspecified atom stereocenters. The van der Waals surface area contributed by atoms with Crippen molar-refractivity contribution < 1.29 is 13.5 Å². The normalized spacial score (nSPS) is 10.6. The first kappa shape index (κ1) is 18.7. The number of methoxy groups -OCH3 is 1. The summed E-state index contributed by atoms with van der Waals surface area (Å²) in [6.07, 6.45) is 1.03. The van der Waals surface area contributed by atoms with E-state index in [1.807, 2.05) is 6.07 Å². The van der Waals surface area contributed by atoms with E-state index in [-0.39, 0.29) is 28.5 Å². The van der Waals surface area contributed by atoms with E-state index in [4.69, 9.17) is 4.74 Å². The molecule has 0 spiro atoms. The molecule has 140 valence electrons. The molecule has 0 radical (unpaired) electrons. The van der Waals surface area contributed by atoms with Gasteiger partial charge in [0.25, 0.3) is 5.56 Å². The summed E-state index contributed by atoms with van der Waals surface area (Å²) in [5, 5.41) is 13.0. The smallest absolute Gasteiger partial charge is 0.270 e. The summed E-state index contributed by atoms with van der Waals surface area (Å²) in [5.41, 5.74) is 2.25. The number of halogens is 2. The van der Waals surface area contributed by atoms with Crippen LogP contribution in [0.2, 0.25) is 0 Å². The van der Waals surface area contributed by atoms with Gasteiger partial charge in [0.15, 0.2) is 11.6 Å². The summed E-state index contributed by atoms with van der Waals surface area (Å²) < 4.78 is 32.4. The van der Waals surface area contributed by atoms with Crippen LogP contribution in [-0.4, -0.2) is 23.3 Å². The fourth-order valence-electron chi connectivity index (χ4n) is 2.40. The minimum Gasteiger partial charge on any atom is -0.494 e. The lowest BCUT2D eigenvalue weighted by molar-refractivity contribution is 0.371. The summed E-state index contributed by atoms with van der Waals surface area (Å²) in [4.78, 5) is 18.7. The Hall–Kier alpha value is -4.06. The summed E-state index contributed by atoms with van der Waals surface area (Å²) in [7, 11) is 1.23. The predicted octanol–water partition coefficient (Wildman–Crippen LogP) is 3.04. The maximum atomic E-state index is 13.9. The molecule has 28 heavy (non-hydrogen) atoms. The third-order valence-corrected chi connectivity index (χ3v) is 3.75. The summed E-state index contributed by atoms with van der Waals surface area (Å²) in [5.74, 6) is -2.56. The molecule has 9 heteroatoms. The highest BCUT2D eigenvalue weighted by atomic mass is 19.2. The van der Waals surface area contributed by atoms with Crippen molar-refractivity contribution in [2.45, 2.75) is 0 Å². The van der Waals surface area contributed by atoms with Gasteiger partial charge in [0, 0.05) is 11.1 Å². The molecule has 0 fully saturated rings. The highest BCUT2D eigenvalue weighted by molar-refractivity contribution is 5.80. The Morgan fingerprint density at radius 2 is 1.96 bits per heavy atom. The first-order valence-electron chi connectivity index (χ1n) is 7.96. The van der Waals surface area contributed by atoms with Crippen molar-refractivity contribution in [2.75, 3.05) is 12.5 Å². The molecule has 7 nitrogen and oxygen atoms in total. The Labute approximate surface area is 157 Å². The molecule has 1 heterocycles. The van der Waals surface area contributed by atoms with Crippen molar-refractivity contribution >= 4 is 12.2 Å². The van der Waals surface area contributed by atoms with E-state index in [9.17, 15) is 18.8 Å². The molecule has 0 saturated carbocycles. The molecule has 0 amide bonds. The van der Waals surface area contributed by atoms with Crippen LogP contribution in [0.25, 0.3) is 11.3 Å². The van der Waals surface area contributed by atoms with Crippen LogP contribution in [0.3, 0.4) is 0 Å². The van der Waals surface area contributed by atoms with Gasteiger partial charge in [-0.25, -0.2) is 14.8 Å². The minimum atomic E-state index is -1.14. The molecular weight excluding hydrogens is 368 g/mol. The standard InChI is InChI=1S/C19H13F2N5O2/c1-28-14-8-7-12(15(20)16(14)21)10-23-26-19-24-17(11-5-3-2-4-6-11)13(9-22)18(27)25-19/h2-8,10H,1H3,(H2,24,25,26,27). The summed E-state index contributed by atoms with van der Waals surface area (Å²) >= 11 is 0. The average Bonchev–Trinajstić information content (AvgIpc) is 2.71. The number of benzene rings is 2. The quantitative estimate of drug-likeness (QED) is 0.522. The zero-order valence-electron chi connectivity index (χ0n) is 14.5. The van der Waals surface area contributed by atoms with E-state index in [1.54, 1.807) is 30.3 Å². The summed E-state index contributed by atoms with van der Waals surface area (Å²) in [6.45, 7) is 0. The Balaban J connectivity index is 1.91. The largest absolute Gasteiger partial charge is 0.494 e. The molecule has 3 aromatic rings. The van der Waals surface area contributed by atoms with Crippen molar-refractivity contribution in [1.29, 1.82) is 5.26 Å². The average molecular weight is 381 g/mol. The lowest BCUT2D eigenvalue weighted by Crippen LogP contribution is -2.16. The zero-order valence-corrected chi connectivity index (χ0v) is 14.5. The van der Waals surface area contributed by atoms with Gasteiger partial charge in [-0.1, -0.05) is 30.3 Å². The SMILES string of the molecule is COc1ccc(C=NNc2nc(-c3ccccc3)c(C#N)c(=O)[nH]2)c(F)c1F. The molecule has 3 rings (SSSR count). The number of H-pyrrole nitrogens is 1. The highest BCUT2D eigenvalue weighted by Crippen LogP contribution is 2.22. The van der Waals surface area contributed by atoms with Gasteiger partial charge in [0.2, 0.25) is 11.8 Å². The van der Waals surface area contributed by atoms with Crippen LogP contribution in [0.15, 0.2) is 52.4 Å². The van der Waals surface area contributed by atoms with E-state index in [2.05, 4.69) is 20.5 Å². The lowest BCUT2D eigenvalue weighted by atomic mass is 10.1. The van der Waals surface area contributed by atoms with Gasteiger partial charge >= 0.3 is 0 Å². The van der Waals surface area contributed by atoms with Crippen LogP contribution < -0.4 is 15.7 Å². The Kier molecular flexibility index (Phi) is 5.41. The van der Waals surface area contributed by atoms with Crippen molar-refractivity contribution in [1.82, 2.24) is 9.97 Å². The van der Waals surface area contributed by atoms with Crippen molar-refractivity contribution in [3.05, 3.63) is 75.6 Å². The highest BCUT2D eigenvalue weighted by Gasteiger charge is 2.14. The monoisotopic (exact) mass is 381 g/mol. The number of rotatable bonds is 5. The first-order valence-corrected chi connectivity index (χ1v) is 7.96. The fraction of sp³-hybridized carbons (Fsp3) is 0.0526. The number of hydrazone groups is 1. The molecule has 0 saturated heterocycles. The van der Waals surface area contributed by atoms with E-state index >= 15 is 0 Å². The van der Waals surface area contributed by atoms with Crippen LogP contribution in [0.1, 0.15) is 11.1 Å². The summed E-state index contributed by atoms with van der Waals surface area (Å²) in [6, 6.07) is 13.0. The van der Waals surface area contributed by atoms with Crippen LogP contribution in [0.5, 0.6) is 5.75 Å². The van der Waals surface area contributed by atoms with Crippen molar-refractivity contribution in [2.24, 2.45) is 5.10 Å². The second-order valence-electron chi connectivity index (χ2n) is 5.47. The molecule has 2 aromatic carbocycles. The zero-order chi connectivity index (χ0) is 20.1. The van der Waals surface area contributed by atoms with Gasteiger partial charge in [-0.15, -0.1) is 0 Å². The lowest BCUT2D eigenvalue weighted by Gasteiger charge is -2.06. The number of nitrogens with one attached hydrogen (secondary N) is 2. The van der Waals surface area contributed by atoms with Gasteiger partial charge in [-0.05, 0) is 12.1 Å². The maximum absolute atomic E-state index is 13.9. The van der Waals surface area contributed by atoms with Gasteiger partial charge in [-0.2, -0.15) is 14.8 Å². The Morgan fingerprint density at radius 3 is 2.64 bits per heavy atom. The van der Waals surface area contributed by atoms with Gasteiger partial charge in [-0.3, -0.25) is 9.78 Å². The molecule has 0 aliphatic heterocycles. The third kappa shape index (κ3) is 3.71. The number of ether oxygens (including phenoxy) is 1. The molecule has 0 aliphatic rings. The molecule has 0 aliphatic carbocycles. The maximum Gasteiger partial charge on any atom is 0.270 e. The van der Waals surface area contributed by atoms with E-state index < -0.39 is 17.2 Å². The van der Waals surface area contributed by atoms with Crippen LogP contribution in [0, 0.1) is 23.0 Å². The van der Waals surface area contributed by atoms with Gasteiger partial charge in [0.1, 0.15) is 11.6 Å². The minimum absolute atomic E-state index is 0.0616.